The lowest BCUT2D eigenvalue weighted by atomic mass is 10.1. The zero-order chi connectivity index (χ0) is 20.0. The van der Waals surface area contributed by atoms with Crippen LogP contribution in [-0.2, 0) is 22.9 Å². The molecule has 2 N–H and O–H groups in total. The summed E-state index contributed by atoms with van der Waals surface area (Å²) in [5, 5.41) is 7.00. The van der Waals surface area contributed by atoms with Gasteiger partial charge < -0.3 is 10.6 Å². The van der Waals surface area contributed by atoms with Crippen molar-refractivity contribution in [2.75, 3.05) is 36.7 Å². The Morgan fingerprint density at radius 2 is 1.79 bits per heavy atom. The van der Waals surface area contributed by atoms with E-state index < -0.39 is 10.0 Å². The molecule has 0 fully saturated rings. The Hall–Kier alpha value is -1.52. The minimum absolute atomic E-state index is 0. The van der Waals surface area contributed by atoms with Crippen LogP contribution >= 0.6 is 35.6 Å². The second-order valence-electron chi connectivity index (χ2n) is 6.53. The van der Waals surface area contributed by atoms with Crippen molar-refractivity contribution in [1.29, 1.82) is 0 Å². The Labute approximate surface area is 194 Å². The number of guanidine groups is 1. The Morgan fingerprint density at radius 3 is 2.55 bits per heavy atom. The number of hydrogen-bond acceptors (Lipinski definition) is 3. The number of rotatable bonds is 7. The molecule has 3 rings (SSSR count). The number of benzene rings is 2. The van der Waals surface area contributed by atoms with Crippen LogP contribution < -0.4 is 14.9 Å². The van der Waals surface area contributed by atoms with Crippen molar-refractivity contribution < 1.29 is 8.42 Å². The lowest BCUT2D eigenvalue weighted by molar-refractivity contribution is 0.591. The highest BCUT2D eigenvalue weighted by molar-refractivity contribution is 14.0. The number of anilines is 1. The number of halogens is 2. The van der Waals surface area contributed by atoms with Crippen LogP contribution in [-0.4, -0.2) is 46.8 Å². The number of para-hydroxylation sites is 1. The summed E-state index contributed by atoms with van der Waals surface area (Å²) in [4.78, 5) is 4.15. The van der Waals surface area contributed by atoms with E-state index in [4.69, 9.17) is 11.6 Å². The molecule has 1 aliphatic heterocycles. The molecule has 6 nitrogen and oxygen atoms in total. The Balaban J connectivity index is 0.00000300. The second-order valence-corrected chi connectivity index (χ2v) is 8.95. The van der Waals surface area contributed by atoms with Gasteiger partial charge in [-0.05, 0) is 36.1 Å². The average molecular weight is 549 g/mol. The Morgan fingerprint density at radius 1 is 1.10 bits per heavy atom. The normalized spacial score (nSPS) is 13.6. The first-order valence-electron chi connectivity index (χ1n) is 9.27. The first-order chi connectivity index (χ1) is 13.5. The van der Waals surface area contributed by atoms with Crippen molar-refractivity contribution >= 4 is 57.2 Å². The van der Waals surface area contributed by atoms with Gasteiger partial charge in [-0.15, -0.1) is 24.0 Å². The molecule has 0 aromatic heterocycles. The minimum atomic E-state index is -3.38. The smallest absolute Gasteiger partial charge is 0.236 e. The molecule has 0 radical (unpaired) electrons. The molecule has 0 unspecified atom stereocenters. The summed E-state index contributed by atoms with van der Waals surface area (Å²) in [6, 6.07) is 15.4. The number of nitrogens with one attached hydrogen (secondary N) is 2. The fourth-order valence-corrected chi connectivity index (χ4v) is 4.90. The van der Waals surface area contributed by atoms with Gasteiger partial charge in [0.05, 0.1) is 11.4 Å². The molecule has 158 valence electrons. The summed E-state index contributed by atoms with van der Waals surface area (Å²) in [6.45, 7) is 1.44. The molecule has 0 spiro atoms. The van der Waals surface area contributed by atoms with Gasteiger partial charge in [-0.3, -0.25) is 9.30 Å². The zero-order valence-corrected chi connectivity index (χ0v) is 20.2. The van der Waals surface area contributed by atoms with Crippen LogP contribution in [0.2, 0.25) is 5.02 Å². The number of hydrogen-bond donors (Lipinski definition) is 2. The third-order valence-electron chi connectivity index (χ3n) is 4.70. The molecular weight excluding hydrogens is 523 g/mol. The number of nitrogens with zero attached hydrogens (tertiary/aromatic N) is 2. The fraction of sp³-hybridized carbons (Fsp3) is 0.350. The van der Waals surface area contributed by atoms with E-state index in [-0.39, 0.29) is 36.3 Å². The van der Waals surface area contributed by atoms with Crippen LogP contribution in [0.4, 0.5) is 5.69 Å². The molecule has 0 amide bonds. The summed E-state index contributed by atoms with van der Waals surface area (Å²) in [6.07, 6.45) is 1.51. The molecule has 29 heavy (non-hydrogen) atoms. The van der Waals surface area contributed by atoms with Gasteiger partial charge in [0.1, 0.15) is 0 Å². The fourth-order valence-electron chi connectivity index (χ4n) is 3.24. The maximum Gasteiger partial charge on any atom is 0.236 e. The van der Waals surface area contributed by atoms with Gasteiger partial charge in [0.25, 0.3) is 0 Å². The van der Waals surface area contributed by atoms with Crippen molar-refractivity contribution in [3.05, 3.63) is 64.7 Å². The van der Waals surface area contributed by atoms with Gasteiger partial charge in [0.2, 0.25) is 10.0 Å². The third kappa shape index (κ3) is 6.23. The monoisotopic (exact) mass is 548 g/mol. The number of aliphatic imine (C=N–C) groups is 1. The van der Waals surface area contributed by atoms with Crippen LogP contribution in [0, 0.1) is 0 Å². The highest BCUT2D eigenvalue weighted by atomic mass is 127. The van der Waals surface area contributed by atoms with Crippen molar-refractivity contribution in [3.8, 4) is 0 Å². The molecule has 0 saturated carbocycles. The van der Waals surface area contributed by atoms with E-state index in [1.807, 2.05) is 48.5 Å². The lowest BCUT2D eigenvalue weighted by Crippen LogP contribution is -2.42. The van der Waals surface area contributed by atoms with Gasteiger partial charge in [-0.1, -0.05) is 48.0 Å². The first-order valence-corrected chi connectivity index (χ1v) is 11.3. The third-order valence-corrected chi connectivity index (χ3v) is 6.84. The van der Waals surface area contributed by atoms with Crippen LogP contribution in [0.25, 0.3) is 0 Å². The molecule has 0 atom stereocenters. The number of sulfonamides is 1. The summed E-state index contributed by atoms with van der Waals surface area (Å²) >= 11 is 6.16. The van der Waals surface area contributed by atoms with E-state index >= 15 is 0 Å². The maximum absolute atomic E-state index is 12.7. The van der Waals surface area contributed by atoms with Crippen LogP contribution in [0.3, 0.4) is 0 Å². The molecule has 9 heteroatoms. The second kappa shape index (κ2) is 11.0. The molecule has 2 aromatic rings. The zero-order valence-electron chi connectivity index (χ0n) is 16.3. The predicted molar refractivity (Wildman–Crippen MR) is 131 cm³/mol. The van der Waals surface area contributed by atoms with Crippen molar-refractivity contribution in [2.45, 2.75) is 12.8 Å². The molecule has 0 bridgehead atoms. The van der Waals surface area contributed by atoms with E-state index in [0.29, 0.717) is 19.0 Å². The Kier molecular flexibility index (Phi) is 9.04. The van der Waals surface area contributed by atoms with E-state index in [2.05, 4.69) is 15.6 Å². The highest BCUT2D eigenvalue weighted by Crippen LogP contribution is 2.29. The SMILES string of the molecule is CN=C(NCCc1ccccc1Cl)NCCS(=O)(=O)N1CCc2ccccc21.I. The highest BCUT2D eigenvalue weighted by Gasteiger charge is 2.28. The average Bonchev–Trinajstić information content (AvgIpc) is 3.13. The number of fused-ring (bicyclic) bond motifs is 1. The van der Waals surface area contributed by atoms with Crippen LogP contribution in [0.1, 0.15) is 11.1 Å². The van der Waals surface area contributed by atoms with Gasteiger partial charge in [-0.25, -0.2) is 8.42 Å². The van der Waals surface area contributed by atoms with E-state index in [1.54, 1.807) is 7.05 Å². The van der Waals surface area contributed by atoms with Crippen LogP contribution in [0.5, 0.6) is 0 Å². The summed E-state index contributed by atoms with van der Waals surface area (Å²) in [5.41, 5.74) is 2.93. The molecule has 0 aliphatic carbocycles. The minimum Gasteiger partial charge on any atom is -0.356 e. The largest absolute Gasteiger partial charge is 0.356 e. The lowest BCUT2D eigenvalue weighted by Gasteiger charge is -2.20. The molecular formula is C20H26ClIN4O2S. The van der Waals surface area contributed by atoms with Crippen molar-refractivity contribution in [3.63, 3.8) is 0 Å². The van der Waals surface area contributed by atoms with Gasteiger partial charge in [-0.2, -0.15) is 0 Å². The molecule has 0 saturated heterocycles. The summed E-state index contributed by atoms with van der Waals surface area (Å²) in [7, 11) is -1.71. The first kappa shape index (κ1) is 23.8. The summed E-state index contributed by atoms with van der Waals surface area (Å²) in [5.74, 6) is 0.580. The van der Waals surface area contributed by atoms with E-state index in [1.165, 1.54) is 4.31 Å². The van der Waals surface area contributed by atoms with E-state index in [9.17, 15) is 8.42 Å². The van der Waals surface area contributed by atoms with Gasteiger partial charge in [0.15, 0.2) is 5.96 Å². The van der Waals surface area contributed by atoms with E-state index in [0.717, 1.165) is 34.7 Å². The standard InChI is InChI=1S/C20H25ClN4O2S.HI/c1-22-20(23-12-10-16-6-2-4-8-18(16)21)24-13-15-28(26,27)25-14-11-17-7-3-5-9-19(17)25;/h2-9H,10-15H2,1H3,(H2,22,23,24);1H. The predicted octanol–water partition coefficient (Wildman–Crippen LogP) is 3.06. The van der Waals surface area contributed by atoms with Crippen molar-refractivity contribution in [1.82, 2.24) is 10.6 Å². The topological polar surface area (TPSA) is 73.8 Å². The quantitative estimate of drug-likeness (QED) is 0.317. The summed E-state index contributed by atoms with van der Waals surface area (Å²) < 4.78 is 26.9. The van der Waals surface area contributed by atoms with Gasteiger partial charge >= 0.3 is 0 Å². The molecule has 1 heterocycles. The van der Waals surface area contributed by atoms with Crippen LogP contribution in [0.15, 0.2) is 53.5 Å². The Bertz CT molecular complexity index is 953. The van der Waals surface area contributed by atoms with Gasteiger partial charge in [0, 0.05) is 31.7 Å². The molecule has 1 aliphatic rings. The maximum atomic E-state index is 12.7. The molecule has 2 aromatic carbocycles. The van der Waals surface area contributed by atoms with Crippen molar-refractivity contribution in [2.24, 2.45) is 4.99 Å².